The summed E-state index contributed by atoms with van der Waals surface area (Å²) in [6.07, 6.45) is 1.22. The van der Waals surface area contributed by atoms with Crippen LogP contribution >= 0.6 is 11.3 Å². The van der Waals surface area contributed by atoms with Crippen LogP contribution in [0.4, 0.5) is 4.79 Å². The molecule has 0 bridgehead atoms. The lowest BCUT2D eigenvalue weighted by molar-refractivity contribution is 0.166. The number of benzene rings is 2. The summed E-state index contributed by atoms with van der Waals surface area (Å²) in [5.74, 6) is 0.566. The summed E-state index contributed by atoms with van der Waals surface area (Å²) < 4.78 is 10.4. The molecular formula is C23H22N4O3S. The van der Waals surface area contributed by atoms with E-state index in [1.165, 1.54) is 24.0 Å². The summed E-state index contributed by atoms with van der Waals surface area (Å²) in [5, 5.41) is 22.7. The lowest BCUT2D eigenvalue weighted by Gasteiger charge is -2.13. The van der Waals surface area contributed by atoms with Gasteiger partial charge in [0.2, 0.25) is 0 Å². The topological polar surface area (TPSA) is 97.1 Å². The van der Waals surface area contributed by atoms with Gasteiger partial charge in [0.05, 0.1) is 24.8 Å². The summed E-state index contributed by atoms with van der Waals surface area (Å²) >= 11 is 1.48. The molecule has 1 amide bonds. The summed E-state index contributed by atoms with van der Waals surface area (Å²) in [7, 11) is 1.36. The summed E-state index contributed by atoms with van der Waals surface area (Å²) in [5.41, 5.74) is 4.58. The van der Waals surface area contributed by atoms with Gasteiger partial charge in [-0.1, -0.05) is 29.5 Å². The van der Waals surface area contributed by atoms with Gasteiger partial charge in [0, 0.05) is 11.1 Å². The molecule has 4 rings (SSSR count). The third kappa shape index (κ3) is 4.23. The molecule has 1 aliphatic rings. The first kappa shape index (κ1) is 20.8. The highest BCUT2D eigenvalue weighted by molar-refractivity contribution is 7.17. The van der Waals surface area contributed by atoms with E-state index in [1.54, 1.807) is 12.1 Å². The van der Waals surface area contributed by atoms with Crippen molar-refractivity contribution in [3.8, 4) is 33.0 Å². The highest BCUT2D eigenvalue weighted by Gasteiger charge is 2.27. The van der Waals surface area contributed by atoms with Gasteiger partial charge in [-0.2, -0.15) is 5.26 Å². The molecule has 0 radical (unpaired) electrons. The molecule has 0 saturated carbocycles. The Morgan fingerprint density at radius 1 is 1.26 bits per heavy atom. The van der Waals surface area contributed by atoms with Crippen LogP contribution in [0.15, 0.2) is 36.4 Å². The van der Waals surface area contributed by atoms with E-state index in [2.05, 4.69) is 21.6 Å². The number of carbonyl (C=O) groups excluding carboxylic acids is 1. The molecule has 158 valence electrons. The number of fused-ring (bicyclic) bond motifs is 1. The van der Waals surface area contributed by atoms with Gasteiger partial charge in [-0.15, -0.1) is 10.2 Å². The number of carbonyl (C=O) groups is 1. The van der Waals surface area contributed by atoms with E-state index in [0.29, 0.717) is 11.3 Å². The molecule has 0 aliphatic heterocycles. The highest BCUT2D eigenvalue weighted by Crippen LogP contribution is 2.40. The predicted molar refractivity (Wildman–Crippen MR) is 118 cm³/mol. The number of hydrogen-bond donors (Lipinski definition) is 1. The Kier molecular flexibility index (Phi) is 5.87. The quantitative estimate of drug-likeness (QED) is 0.615. The van der Waals surface area contributed by atoms with Crippen molar-refractivity contribution < 1.29 is 14.3 Å². The van der Waals surface area contributed by atoms with Crippen molar-refractivity contribution in [1.29, 1.82) is 5.26 Å². The maximum atomic E-state index is 11.6. The average molecular weight is 435 g/mol. The molecule has 0 unspecified atom stereocenters. The molecule has 7 nitrogen and oxygen atoms in total. The lowest BCUT2D eigenvalue weighted by atomic mass is 10.0. The number of amides is 1. The molecule has 0 fully saturated rings. The van der Waals surface area contributed by atoms with Crippen LogP contribution in [0.2, 0.25) is 0 Å². The fourth-order valence-corrected chi connectivity index (χ4v) is 4.65. The summed E-state index contributed by atoms with van der Waals surface area (Å²) in [4.78, 5) is 11.6. The zero-order valence-corrected chi connectivity index (χ0v) is 18.3. The number of hydrogen-bond acceptors (Lipinski definition) is 7. The molecule has 8 heteroatoms. The lowest BCUT2D eigenvalue weighted by Crippen LogP contribution is -2.26. The second kappa shape index (κ2) is 8.74. The monoisotopic (exact) mass is 434 g/mol. The number of nitrogens with one attached hydrogen (secondary N) is 1. The van der Waals surface area contributed by atoms with Gasteiger partial charge in [-0.3, -0.25) is 0 Å². The molecule has 1 N–H and O–H groups in total. The Morgan fingerprint density at radius 3 is 2.81 bits per heavy atom. The van der Waals surface area contributed by atoms with Crippen molar-refractivity contribution in [2.75, 3.05) is 7.11 Å². The zero-order valence-electron chi connectivity index (χ0n) is 17.5. The maximum Gasteiger partial charge on any atom is 0.407 e. The predicted octanol–water partition coefficient (Wildman–Crippen LogP) is 4.87. The third-order valence-electron chi connectivity index (χ3n) is 5.11. The SMILES string of the molecule is COC(=O)N[C@@H]1CCc2c(-c3nnc(-c4ccc(OC(C)C)c(C#N)c4)s3)cccc21. The fraction of sp³-hybridized carbons (Fsp3) is 0.304. The van der Waals surface area contributed by atoms with Crippen LogP contribution in [0.25, 0.3) is 21.1 Å². The Balaban J connectivity index is 1.64. The molecule has 0 spiro atoms. The molecule has 1 aromatic heterocycles. The molecular weight excluding hydrogens is 412 g/mol. The molecule has 0 saturated heterocycles. The van der Waals surface area contributed by atoms with E-state index in [1.807, 2.05) is 38.1 Å². The second-order valence-electron chi connectivity index (χ2n) is 7.50. The normalized spacial score (nSPS) is 14.7. The van der Waals surface area contributed by atoms with Gasteiger partial charge < -0.3 is 14.8 Å². The van der Waals surface area contributed by atoms with Crippen molar-refractivity contribution >= 4 is 17.4 Å². The number of methoxy groups -OCH3 is 1. The third-order valence-corrected chi connectivity index (χ3v) is 6.12. The van der Waals surface area contributed by atoms with Gasteiger partial charge >= 0.3 is 6.09 Å². The molecule has 3 aromatic rings. The van der Waals surface area contributed by atoms with E-state index in [9.17, 15) is 10.1 Å². The number of rotatable bonds is 5. The first-order chi connectivity index (χ1) is 15.0. The van der Waals surface area contributed by atoms with Crippen LogP contribution in [0.3, 0.4) is 0 Å². The van der Waals surface area contributed by atoms with Crippen LogP contribution in [-0.2, 0) is 11.2 Å². The molecule has 2 aromatic carbocycles. The first-order valence-corrected chi connectivity index (χ1v) is 10.8. The number of aromatic nitrogens is 2. The van der Waals surface area contributed by atoms with Crippen LogP contribution in [0.1, 0.15) is 43.0 Å². The van der Waals surface area contributed by atoms with Crippen molar-refractivity contribution in [2.24, 2.45) is 0 Å². The van der Waals surface area contributed by atoms with E-state index < -0.39 is 6.09 Å². The van der Waals surface area contributed by atoms with Crippen LogP contribution in [-0.4, -0.2) is 29.5 Å². The summed E-state index contributed by atoms with van der Waals surface area (Å²) in [6, 6.07) is 13.6. The molecule has 1 heterocycles. The Hall–Kier alpha value is -3.44. The van der Waals surface area contributed by atoms with Crippen molar-refractivity contribution in [3.63, 3.8) is 0 Å². The van der Waals surface area contributed by atoms with E-state index in [0.717, 1.165) is 39.5 Å². The van der Waals surface area contributed by atoms with E-state index in [4.69, 9.17) is 9.47 Å². The number of ether oxygens (including phenoxy) is 2. The maximum absolute atomic E-state index is 11.6. The van der Waals surface area contributed by atoms with Gasteiger partial charge in [0.1, 0.15) is 21.8 Å². The van der Waals surface area contributed by atoms with Crippen molar-refractivity contribution in [3.05, 3.63) is 53.1 Å². The van der Waals surface area contributed by atoms with Gasteiger partial charge in [0.25, 0.3) is 0 Å². The van der Waals surface area contributed by atoms with Gasteiger partial charge in [-0.25, -0.2) is 4.79 Å². The van der Waals surface area contributed by atoms with Gasteiger partial charge in [0.15, 0.2) is 0 Å². The standard InChI is InChI=1S/C23H22N4O3S/c1-13(2)30-20-10-7-14(11-15(20)12-24)21-26-27-22(31-21)18-6-4-5-17-16(18)8-9-19(17)25-23(28)29-3/h4-7,10-11,13,19H,8-9H2,1-3H3,(H,25,28)/t19-/m1/s1. The largest absolute Gasteiger partial charge is 0.490 e. The average Bonchev–Trinajstić information content (AvgIpc) is 3.41. The Labute approximate surface area is 184 Å². The molecule has 1 atom stereocenters. The van der Waals surface area contributed by atoms with Crippen molar-refractivity contribution in [1.82, 2.24) is 15.5 Å². The number of nitrogens with zero attached hydrogens (tertiary/aromatic N) is 3. The Bertz CT molecular complexity index is 1170. The second-order valence-corrected chi connectivity index (χ2v) is 8.48. The van der Waals surface area contributed by atoms with Crippen LogP contribution in [0.5, 0.6) is 5.75 Å². The molecule has 1 aliphatic carbocycles. The number of nitriles is 1. The van der Waals surface area contributed by atoms with Crippen LogP contribution in [0, 0.1) is 11.3 Å². The fourth-order valence-electron chi connectivity index (χ4n) is 3.76. The summed E-state index contributed by atoms with van der Waals surface area (Å²) in [6.45, 7) is 3.85. The highest BCUT2D eigenvalue weighted by atomic mass is 32.1. The van der Waals surface area contributed by atoms with Crippen molar-refractivity contribution in [2.45, 2.75) is 38.8 Å². The Morgan fingerprint density at radius 2 is 2.06 bits per heavy atom. The molecule has 31 heavy (non-hydrogen) atoms. The zero-order chi connectivity index (χ0) is 22.0. The van der Waals surface area contributed by atoms with Gasteiger partial charge in [-0.05, 0) is 56.0 Å². The van der Waals surface area contributed by atoms with Crippen LogP contribution < -0.4 is 10.1 Å². The number of alkyl carbamates (subject to hydrolysis) is 1. The van der Waals surface area contributed by atoms with E-state index >= 15 is 0 Å². The smallest absolute Gasteiger partial charge is 0.407 e. The minimum Gasteiger partial charge on any atom is -0.490 e. The first-order valence-electron chi connectivity index (χ1n) is 10.0. The van der Waals surface area contributed by atoms with E-state index in [-0.39, 0.29) is 12.1 Å². The minimum absolute atomic E-state index is 0.0104. The minimum atomic E-state index is -0.431.